The molecule has 2 aliphatic heterocycles. The number of carbonyl (C=O) groups excluding carboxylic acids is 5. The maximum absolute atomic E-state index is 14.6. The van der Waals surface area contributed by atoms with Gasteiger partial charge in [0, 0.05) is 43.7 Å². The molecule has 0 unspecified atom stereocenters. The first-order valence-corrected chi connectivity index (χ1v) is 21.4. The number of rotatable bonds is 9. The van der Waals surface area contributed by atoms with Gasteiger partial charge in [0.25, 0.3) is 5.91 Å². The van der Waals surface area contributed by atoms with Gasteiger partial charge in [-0.15, -0.1) is 0 Å². The van der Waals surface area contributed by atoms with Gasteiger partial charge in [-0.05, 0) is 88.9 Å². The summed E-state index contributed by atoms with van der Waals surface area (Å²) in [5.41, 5.74) is -0.744. The number of nitrogens with zero attached hydrogens (tertiary/aromatic N) is 1. The highest BCUT2D eigenvalue weighted by Crippen LogP contribution is 2.65. The van der Waals surface area contributed by atoms with Crippen LogP contribution in [-0.4, -0.2) is 71.1 Å². The Balaban J connectivity index is 1.37. The smallest absolute Gasteiger partial charge is 0.287 e. The van der Waals surface area contributed by atoms with Gasteiger partial charge < -0.3 is 10.2 Å². The minimum atomic E-state index is -3.52. The van der Waals surface area contributed by atoms with Crippen molar-refractivity contribution >= 4 is 39.0 Å². The van der Waals surface area contributed by atoms with E-state index in [1.807, 2.05) is 0 Å². The second-order valence-corrected chi connectivity index (χ2v) is 21.4. The van der Waals surface area contributed by atoms with Crippen LogP contribution in [0.15, 0.2) is 0 Å². The molecule has 3 aliphatic carbocycles. The molecule has 2 amide bonds. The summed E-state index contributed by atoms with van der Waals surface area (Å²) >= 11 is 0. The van der Waals surface area contributed by atoms with Crippen molar-refractivity contribution in [2.24, 2.45) is 34.5 Å². The lowest BCUT2D eigenvalue weighted by Gasteiger charge is -2.44. The number of piperidine rings is 1. The summed E-state index contributed by atoms with van der Waals surface area (Å²) in [5.74, 6) is -2.55. The molecular weight excluding hydrogens is 653 g/mol. The Morgan fingerprint density at radius 2 is 1.46 bits per heavy atom. The van der Waals surface area contributed by atoms with E-state index in [4.69, 9.17) is 0 Å². The van der Waals surface area contributed by atoms with Crippen molar-refractivity contribution < 1.29 is 32.4 Å². The van der Waals surface area contributed by atoms with Crippen LogP contribution in [0.1, 0.15) is 157 Å². The Morgan fingerprint density at radius 3 is 2.06 bits per heavy atom. The minimum absolute atomic E-state index is 0.00371. The fourth-order valence-electron chi connectivity index (χ4n) is 9.86. The zero-order valence-electron chi connectivity index (χ0n) is 31.7. The summed E-state index contributed by atoms with van der Waals surface area (Å²) in [4.78, 5) is 70.9. The molecule has 5 aliphatic rings. The van der Waals surface area contributed by atoms with Gasteiger partial charge in [0.1, 0.15) is 5.78 Å². The first kappa shape index (κ1) is 39.1. The average molecular weight is 717 g/mol. The van der Waals surface area contributed by atoms with Crippen molar-refractivity contribution in [3.63, 3.8) is 0 Å². The van der Waals surface area contributed by atoms with Crippen molar-refractivity contribution in [3.05, 3.63) is 0 Å². The number of ketones is 3. The third-order valence-corrected chi connectivity index (χ3v) is 16.7. The third-order valence-electron chi connectivity index (χ3n) is 13.5. The van der Waals surface area contributed by atoms with Crippen molar-refractivity contribution in [1.82, 2.24) is 10.2 Å². The van der Waals surface area contributed by atoms with E-state index >= 15 is 0 Å². The second-order valence-electron chi connectivity index (χ2n) is 18.4. The van der Waals surface area contributed by atoms with Gasteiger partial charge >= 0.3 is 0 Å². The molecule has 0 aromatic heterocycles. The molecular formula is C40H64N2O7S. The van der Waals surface area contributed by atoms with E-state index in [2.05, 4.69) is 19.2 Å². The Labute approximate surface area is 301 Å². The summed E-state index contributed by atoms with van der Waals surface area (Å²) in [6, 6.07) is -0.604. The molecule has 0 radical (unpaired) electrons. The van der Waals surface area contributed by atoms with Crippen LogP contribution in [0.25, 0.3) is 0 Å². The normalized spacial score (nSPS) is 31.4. The van der Waals surface area contributed by atoms with Crippen molar-refractivity contribution in [2.45, 2.75) is 179 Å². The van der Waals surface area contributed by atoms with Crippen molar-refractivity contribution in [1.29, 1.82) is 0 Å². The lowest BCUT2D eigenvalue weighted by molar-refractivity contribution is -0.146. The van der Waals surface area contributed by atoms with E-state index in [1.54, 1.807) is 32.6 Å². The summed E-state index contributed by atoms with van der Waals surface area (Å²) in [5, 5.41) is 2.14. The maximum atomic E-state index is 14.6. The lowest BCUT2D eigenvalue weighted by atomic mass is 9.68. The van der Waals surface area contributed by atoms with Gasteiger partial charge in [0.05, 0.1) is 16.0 Å². The van der Waals surface area contributed by atoms with E-state index < -0.39 is 54.8 Å². The summed E-state index contributed by atoms with van der Waals surface area (Å²) < 4.78 is 26.5. The van der Waals surface area contributed by atoms with Crippen LogP contribution in [-0.2, 0) is 33.8 Å². The molecule has 5 rings (SSSR count). The fourth-order valence-corrected chi connectivity index (χ4v) is 11.9. The van der Waals surface area contributed by atoms with Crippen LogP contribution >= 0.6 is 0 Å². The Bertz CT molecular complexity index is 1420. The maximum Gasteiger partial charge on any atom is 0.287 e. The molecule has 50 heavy (non-hydrogen) atoms. The van der Waals surface area contributed by atoms with Crippen LogP contribution in [0.2, 0.25) is 0 Å². The zero-order valence-corrected chi connectivity index (χ0v) is 32.5. The van der Waals surface area contributed by atoms with Gasteiger partial charge in [-0.3, -0.25) is 24.0 Å². The number of sulfone groups is 1. The molecule has 3 saturated carbocycles. The molecule has 2 heterocycles. The monoisotopic (exact) mass is 716 g/mol. The molecule has 5 fully saturated rings. The number of fused-ring (bicyclic) bond motifs is 3. The number of hydrogen-bond donors (Lipinski definition) is 1. The molecule has 1 N–H and O–H groups in total. The van der Waals surface area contributed by atoms with Gasteiger partial charge in [0.15, 0.2) is 15.6 Å². The highest BCUT2D eigenvalue weighted by atomic mass is 32.2. The number of hydrogen-bond acceptors (Lipinski definition) is 7. The van der Waals surface area contributed by atoms with Gasteiger partial charge in [-0.25, -0.2) is 8.42 Å². The topological polar surface area (TPSA) is 135 Å². The molecule has 6 atom stereocenters. The molecule has 9 nitrogen and oxygen atoms in total. The largest absolute Gasteiger partial charge is 0.347 e. The third kappa shape index (κ3) is 8.25. The van der Waals surface area contributed by atoms with Gasteiger partial charge in [-0.2, -0.15) is 0 Å². The van der Waals surface area contributed by atoms with Crippen LogP contribution in [0, 0.1) is 34.5 Å². The van der Waals surface area contributed by atoms with E-state index in [0.29, 0.717) is 32.2 Å². The SMILES string of the molecule is C[C@H](C1(CC(=O)C[C@H]2CCCCCCCC[C@@H](C(=O)C(=O)NC3CC3)CC(=O)[C@@H]3[C@@H]4[C@H](CN3C2=O)C4(C)C)CCCCC1)S(=O)(=O)C(C)(C)C. The molecule has 10 heteroatoms. The fraction of sp³-hybridized carbons (Fsp3) is 0.875. The van der Waals surface area contributed by atoms with E-state index in [1.165, 1.54) is 0 Å². The van der Waals surface area contributed by atoms with Gasteiger partial charge in [0.2, 0.25) is 11.7 Å². The Kier molecular flexibility index (Phi) is 11.8. The summed E-state index contributed by atoms with van der Waals surface area (Å²) in [6.07, 6.45) is 12.5. The van der Waals surface area contributed by atoms with Crippen LogP contribution in [0.3, 0.4) is 0 Å². The number of nitrogens with one attached hydrogen (secondary N) is 1. The predicted octanol–water partition coefficient (Wildman–Crippen LogP) is 6.54. The lowest BCUT2D eigenvalue weighted by Crippen LogP contribution is -2.49. The zero-order chi connectivity index (χ0) is 36.6. The number of amides is 2. The molecule has 0 aromatic rings. The highest BCUT2D eigenvalue weighted by molar-refractivity contribution is 7.93. The molecule has 0 spiro atoms. The van der Waals surface area contributed by atoms with Crippen molar-refractivity contribution in [2.75, 3.05) is 6.54 Å². The van der Waals surface area contributed by atoms with Crippen LogP contribution in [0.5, 0.6) is 0 Å². The summed E-state index contributed by atoms with van der Waals surface area (Å²) in [7, 11) is -3.52. The predicted molar refractivity (Wildman–Crippen MR) is 194 cm³/mol. The Morgan fingerprint density at radius 1 is 0.880 bits per heavy atom. The van der Waals surface area contributed by atoms with Crippen LogP contribution in [0.4, 0.5) is 0 Å². The number of carbonyl (C=O) groups is 5. The quantitative estimate of drug-likeness (QED) is 0.268. The molecule has 282 valence electrons. The second kappa shape index (κ2) is 15.1. The van der Waals surface area contributed by atoms with Crippen molar-refractivity contribution in [3.8, 4) is 0 Å². The first-order chi connectivity index (χ1) is 23.4. The molecule has 2 saturated heterocycles. The standard InChI is InChI=1S/C40H64N2O7S/c1-26(50(48,49)38(2,3)4)40(20-14-11-15-21-40)24-30(43)22-28-17-13-10-8-7-9-12-16-27(35(45)36(46)41-29-18-19-29)23-32(44)34-33-31(39(33,5)6)25-42(34)37(28)47/h26-29,31,33-34H,7-25H2,1-6H3,(H,41,46)/t26-,27-,28-,31+,33+,34-/m1/s1. The summed E-state index contributed by atoms with van der Waals surface area (Å²) in [6.45, 7) is 11.7. The molecule has 0 bridgehead atoms. The average Bonchev–Trinajstić information content (AvgIpc) is 3.90. The number of Topliss-reactive ketones (excluding diaryl/α,β-unsaturated/α-hetero) is 3. The van der Waals surface area contributed by atoms with Gasteiger partial charge in [-0.1, -0.05) is 71.6 Å². The van der Waals surface area contributed by atoms with E-state index in [-0.39, 0.29) is 60.0 Å². The first-order valence-electron chi connectivity index (χ1n) is 19.8. The highest BCUT2D eigenvalue weighted by Gasteiger charge is 2.69. The van der Waals surface area contributed by atoms with E-state index in [9.17, 15) is 32.4 Å². The van der Waals surface area contributed by atoms with Crippen LogP contribution < -0.4 is 5.32 Å². The van der Waals surface area contributed by atoms with E-state index in [0.717, 1.165) is 70.6 Å². The minimum Gasteiger partial charge on any atom is -0.347 e. The molecule has 0 aromatic carbocycles. The Hall–Kier alpha value is -2.10.